The van der Waals surface area contributed by atoms with Crippen molar-refractivity contribution in [2.45, 2.75) is 66.7 Å². The van der Waals surface area contributed by atoms with Crippen molar-refractivity contribution < 1.29 is 19.1 Å². The maximum Gasteiger partial charge on any atom is 0.337 e. The van der Waals surface area contributed by atoms with E-state index in [1.54, 1.807) is 39.7 Å². The smallest absolute Gasteiger partial charge is 0.337 e. The number of carbonyl (C=O) groups excluding carboxylic acids is 3. The molecule has 0 aliphatic carbocycles. The van der Waals surface area contributed by atoms with Crippen molar-refractivity contribution in [3.8, 4) is 0 Å². The number of amides is 2. The molecule has 0 aliphatic rings. The van der Waals surface area contributed by atoms with Gasteiger partial charge in [0.1, 0.15) is 11.4 Å². The molecule has 2 amide bonds. The van der Waals surface area contributed by atoms with E-state index in [1.807, 2.05) is 55.0 Å². The zero-order valence-corrected chi connectivity index (χ0v) is 29.4. The minimum absolute atomic E-state index is 0.311. The monoisotopic (exact) mass is 691 g/mol. The van der Waals surface area contributed by atoms with E-state index in [-0.39, 0.29) is 11.8 Å². The molecule has 0 unspecified atom stereocenters. The molecular weight excluding hydrogens is 650 g/mol. The summed E-state index contributed by atoms with van der Waals surface area (Å²) in [6.07, 6.45) is 1.35. The standard InChI is InChI=1S/C36H41N11O4/c1-7-46-30(17-21(3)42-46)32(48)40-35-38-26-19-24(23(5)37)11-13-28(26)44(35)15-9-10-16-45-29-14-12-25(34(50)51-6)20-27(29)39-36(45)41-33(49)31-18-22(4)43-47(31)8-2/h11-14,17-20H,5,7-10,15-16,37H2,1-4,6H3,(H,38,40,48)(H,39,41,49). The first kappa shape index (κ1) is 34.6. The number of imidazole rings is 2. The minimum Gasteiger partial charge on any atom is -0.465 e. The summed E-state index contributed by atoms with van der Waals surface area (Å²) in [7, 11) is 1.32. The fourth-order valence-corrected chi connectivity index (χ4v) is 6.16. The van der Waals surface area contributed by atoms with Crippen LogP contribution >= 0.6 is 0 Å². The lowest BCUT2D eigenvalue weighted by Gasteiger charge is -2.13. The number of esters is 1. The number of hydrogen-bond acceptors (Lipinski definition) is 9. The summed E-state index contributed by atoms with van der Waals surface area (Å²) in [5.74, 6) is -0.389. The number of nitrogens with zero attached hydrogens (tertiary/aromatic N) is 8. The van der Waals surface area contributed by atoms with E-state index in [0.29, 0.717) is 84.6 Å². The van der Waals surface area contributed by atoms with Gasteiger partial charge in [-0.1, -0.05) is 12.6 Å². The molecule has 4 N–H and O–H groups in total. The van der Waals surface area contributed by atoms with E-state index in [2.05, 4.69) is 27.4 Å². The Morgan fingerprint density at radius 3 is 1.63 bits per heavy atom. The van der Waals surface area contributed by atoms with Gasteiger partial charge in [0.25, 0.3) is 11.8 Å². The molecule has 0 radical (unpaired) electrons. The summed E-state index contributed by atoms with van der Waals surface area (Å²) in [6, 6.07) is 14.3. The molecule has 6 rings (SSSR count). The second-order valence-electron chi connectivity index (χ2n) is 12.2. The maximum absolute atomic E-state index is 13.4. The second kappa shape index (κ2) is 14.3. The summed E-state index contributed by atoms with van der Waals surface area (Å²) in [4.78, 5) is 48.6. The number of hydrogen-bond donors (Lipinski definition) is 3. The highest BCUT2D eigenvalue weighted by Crippen LogP contribution is 2.26. The van der Waals surface area contributed by atoms with Gasteiger partial charge in [-0.3, -0.25) is 29.6 Å². The zero-order chi connectivity index (χ0) is 36.4. The summed E-state index contributed by atoms with van der Waals surface area (Å²) >= 11 is 0. The van der Waals surface area contributed by atoms with Gasteiger partial charge in [-0.15, -0.1) is 0 Å². The number of aromatic nitrogens is 8. The summed E-state index contributed by atoms with van der Waals surface area (Å²) < 4.78 is 12.1. The Morgan fingerprint density at radius 2 is 1.20 bits per heavy atom. The normalized spacial score (nSPS) is 11.3. The zero-order valence-electron chi connectivity index (χ0n) is 29.4. The van der Waals surface area contributed by atoms with Crippen LogP contribution in [0.15, 0.2) is 55.1 Å². The number of nitrogens with one attached hydrogen (secondary N) is 2. The third kappa shape index (κ3) is 6.95. The van der Waals surface area contributed by atoms with Crippen LogP contribution in [0.3, 0.4) is 0 Å². The average Bonchev–Trinajstić information content (AvgIpc) is 3.87. The first-order valence-corrected chi connectivity index (χ1v) is 16.8. The van der Waals surface area contributed by atoms with Crippen LogP contribution in [0.5, 0.6) is 0 Å². The molecule has 2 aromatic carbocycles. The van der Waals surface area contributed by atoms with Gasteiger partial charge in [0.2, 0.25) is 11.9 Å². The Morgan fingerprint density at radius 1 is 0.745 bits per heavy atom. The third-order valence-corrected chi connectivity index (χ3v) is 8.62. The van der Waals surface area contributed by atoms with Crippen LogP contribution in [0.4, 0.5) is 11.9 Å². The first-order chi connectivity index (χ1) is 24.5. The van der Waals surface area contributed by atoms with E-state index in [0.717, 1.165) is 28.0 Å². The molecule has 6 aromatic rings. The lowest BCUT2D eigenvalue weighted by atomic mass is 10.1. The number of fused-ring (bicyclic) bond motifs is 2. The van der Waals surface area contributed by atoms with Crippen LogP contribution in [-0.4, -0.2) is 63.6 Å². The largest absolute Gasteiger partial charge is 0.465 e. The number of aryl methyl sites for hydroxylation is 6. The predicted molar refractivity (Wildman–Crippen MR) is 194 cm³/mol. The molecular formula is C36H41N11O4. The quantitative estimate of drug-likeness (QED) is 0.109. The van der Waals surface area contributed by atoms with Crippen molar-refractivity contribution >= 4 is 57.4 Å². The van der Waals surface area contributed by atoms with Gasteiger partial charge in [0.05, 0.1) is 46.1 Å². The molecule has 0 saturated carbocycles. The molecule has 0 spiro atoms. The summed E-state index contributed by atoms with van der Waals surface area (Å²) in [5, 5.41) is 14.8. The molecule has 0 bridgehead atoms. The first-order valence-electron chi connectivity index (χ1n) is 16.8. The van der Waals surface area contributed by atoms with Gasteiger partial charge in [0, 0.05) is 31.9 Å². The predicted octanol–water partition coefficient (Wildman–Crippen LogP) is 5.14. The Bertz CT molecular complexity index is 2310. The lowest BCUT2D eigenvalue weighted by molar-refractivity contribution is 0.0600. The van der Waals surface area contributed by atoms with Crippen molar-refractivity contribution in [2.24, 2.45) is 5.73 Å². The molecule has 0 aliphatic heterocycles. The van der Waals surface area contributed by atoms with Gasteiger partial charge in [-0.2, -0.15) is 10.2 Å². The van der Waals surface area contributed by atoms with E-state index in [9.17, 15) is 14.4 Å². The van der Waals surface area contributed by atoms with Gasteiger partial charge in [-0.05, 0) is 88.6 Å². The van der Waals surface area contributed by atoms with Crippen LogP contribution in [0.2, 0.25) is 0 Å². The number of nitrogens with two attached hydrogens (primary N) is 1. The van der Waals surface area contributed by atoms with Crippen molar-refractivity contribution in [2.75, 3.05) is 17.7 Å². The molecule has 15 nitrogen and oxygen atoms in total. The average molecular weight is 692 g/mol. The van der Waals surface area contributed by atoms with Crippen LogP contribution in [0.1, 0.15) is 75.0 Å². The van der Waals surface area contributed by atoms with Crippen molar-refractivity contribution in [1.29, 1.82) is 0 Å². The molecule has 0 fully saturated rings. The topological polar surface area (TPSA) is 182 Å². The van der Waals surface area contributed by atoms with Crippen LogP contribution in [0.25, 0.3) is 27.8 Å². The van der Waals surface area contributed by atoms with Gasteiger partial charge in [0.15, 0.2) is 0 Å². The van der Waals surface area contributed by atoms with Gasteiger partial charge >= 0.3 is 5.97 Å². The van der Waals surface area contributed by atoms with Gasteiger partial charge < -0.3 is 19.6 Å². The molecule has 4 heterocycles. The minimum atomic E-state index is -0.480. The van der Waals surface area contributed by atoms with E-state index >= 15 is 0 Å². The third-order valence-electron chi connectivity index (χ3n) is 8.62. The van der Waals surface area contributed by atoms with E-state index < -0.39 is 5.97 Å². The number of methoxy groups -OCH3 is 1. The van der Waals surface area contributed by atoms with Crippen molar-refractivity contribution in [3.63, 3.8) is 0 Å². The lowest BCUT2D eigenvalue weighted by Crippen LogP contribution is -2.20. The summed E-state index contributed by atoms with van der Waals surface area (Å²) in [5.41, 5.74) is 12.6. The summed E-state index contributed by atoms with van der Waals surface area (Å²) in [6.45, 7) is 13.5. The highest BCUT2D eigenvalue weighted by atomic mass is 16.5. The van der Waals surface area contributed by atoms with E-state index in [1.165, 1.54) is 7.11 Å². The number of rotatable bonds is 13. The Labute approximate surface area is 294 Å². The molecule has 4 aromatic heterocycles. The van der Waals surface area contributed by atoms with Crippen LogP contribution in [0, 0.1) is 13.8 Å². The second-order valence-corrected chi connectivity index (χ2v) is 12.2. The van der Waals surface area contributed by atoms with Crippen molar-refractivity contribution in [3.05, 3.63) is 89.0 Å². The number of benzene rings is 2. The molecule has 51 heavy (non-hydrogen) atoms. The molecule has 0 saturated heterocycles. The highest BCUT2D eigenvalue weighted by Gasteiger charge is 2.21. The molecule has 15 heteroatoms. The Balaban J connectivity index is 1.27. The van der Waals surface area contributed by atoms with Gasteiger partial charge in [-0.25, -0.2) is 14.8 Å². The molecule has 264 valence electrons. The molecule has 0 atom stereocenters. The van der Waals surface area contributed by atoms with Crippen LogP contribution in [-0.2, 0) is 30.9 Å². The fraction of sp³-hybridized carbons (Fsp3) is 0.306. The number of unbranched alkanes of at least 4 members (excludes halogenated alkanes) is 1. The fourth-order valence-electron chi connectivity index (χ4n) is 6.16. The number of anilines is 2. The number of carbonyl (C=O) groups is 3. The van der Waals surface area contributed by atoms with Crippen molar-refractivity contribution in [1.82, 2.24) is 38.7 Å². The number of ether oxygens (including phenoxy) is 1. The van der Waals surface area contributed by atoms with Crippen LogP contribution < -0.4 is 16.4 Å². The Kier molecular flexibility index (Phi) is 9.71. The maximum atomic E-state index is 13.4. The SMILES string of the molecule is C=C(N)c1ccc2c(c1)nc(NC(=O)c1cc(C)nn1CC)n2CCCCn1c(NC(=O)c2cc(C)nn2CC)nc2cc(C(=O)OC)ccc21. The Hall–Kier alpha value is -6.25. The van der Waals surface area contributed by atoms with E-state index in [4.69, 9.17) is 20.4 Å². The highest BCUT2D eigenvalue weighted by molar-refractivity contribution is 6.04.